The van der Waals surface area contributed by atoms with Crippen molar-refractivity contribution in [3.63, 3.8) is 0 Å². The van der Waals surface area contributed by atoms with Crippen LogP contribution in [0, 0.1) is 0 Å². The van der Waals surface area contributed by atoms with E-state index in [4.69, 9.17) is 0 Å². The minimum absolute atomic E-state index is 0.377. The van der Waals surface area contributed by atoms with Crippen LogP contribution in [0.3, 0.4) is 0 Å². The Morgan fingerprint density at radius 3 is 1.89 bits per heavy atom. The maximum absolute atomic E-state index is 9.40. The molecule has 1 atom stereocenters. The van der Waals surface area contributed by atoms with Crippen LogP contribution in [0.2, 0.25) is 0 Å². The summed E-state index contributed by atoms with van der Waals surface area (Å²) in [6.45, 7) is 4.52. The summed E-state index contributed by atoms with van der Waals surface area (Å²) in [6.07, 6.45) is 11.9. The number of hydrogen-bond donors (Lipinski definition) is 1. The highest BCUT2D eigenvalue weighted by Crippen LogP contribution is 2.29. The molecule has 0 aromatic heterocycles. The topological polar surface area (TPSA) is 20.2 Å². The van der Waals surface area contributed by atoms with Gasteiger partial charge in [-0.05, 0) is 36.5 Å². The minimum atomic E-state index is 0.377. The summed E-state index contributed by atoms with van der Waals surface area (Å²) in [6, 6.07) is 7.86. The summed E-state index contributed by atoms with van der Waals surface area (Å²) in [5.41, 5.74) is 1.41. The van der Waals surface area contributed by atoms with E-state index in [1.165, 1.54) is 63.4 Å². The van der Waals surface area contributed by atoms with Crippen molar-refractivity contribution in [1.82, 2.24) is 0 Å². The third kappa shape index (κ3) is 6.66. The highest BCUT2D eigenvalue weighted by molar-refractivity contribution is 5.28. The summed E-state index contributed by atoms with van der Waals surface area (Å²) in [5, 5.41) is 9.40. The number of phenolic OH excluding ortho intramolecular Hbond substituents is 1. The van der Waals surface area contributed by atoms with Crippen LogP contribution in [-0.4, -0.2) is 5.11 Å². The van der Waals surface area contributed by atoms with Crippen LogP contribution in [0.4, 0.5) is 0 Å². The summed E-state index contributed by atoms with van der Waals surface area (Å²) >= 11 is 0. The fourth-order valence-corrected chi connectivity index (χ4v) is 2.68. The molecule has 0 spiro atoms. The van der Waals surface area contributed by atoms with E-state index in [0.29, 0.717) is 11.7 Å². The van der Waals surface area contributed by atoms with Gasteiger partial charge in [-0.15, -0.1) is 0 Å². The molecule has 1 N–H and O–H groups in total. The summed E-state index contributed by atoms with van der Waals surface area (Å²) < 4.78 is 0. The van der Waals surface area contributed by atoms with Gasteiger partial charge in [0.2, 0.25) is 0 Å². The lowest BCUT2D eigenvalue weighted by Gasteiger charge is -2.17. The summed E-state index contributed by atoms with van der Waals surface area (Å²) in [7, 11) is 0. The number of aromatic hydroxyl groups is 1. The molecule has 19 heavy (non-hydrogen) atoms. The lowest BCUT2D eigenvalue weighted by molar-refractivity contribution is 0.472. The van der Waals surface area contributed by atoms with Gasteiger partial charge in [0.05, 0.1) is 0 Å². The molecule has 0 aliphatic heterocycles. The Balaban J connectivity index is 2.49. The lowest BCUT2D eigenvalue weighted by Crippen LogP contribution is -1.99. The van der Waals surface area contributed by atoms with Crippen molar-refractivity contribution in [1.29, 1.82) is 0 Å². The quantitative estimate of drug-likeness (QED) is 0.511. The molecule has 1 aromatic carbocycles. The highest BCUT2D eigenvalue weighted by atomic mass is 16.3. The zero-order valence-electron chi connectivity index (χ0n) is 12.7. The van der Waals surface area contributed by atoms with Crippen molar-refractivity contribution in [3.8, 4) is 5.75 Å². The van der Waals surface area contributed by atoms with E-state index in [2.05, 4.69) is 26.0 Å². The lowest BCUT2D eigenvalue weighted by atomic mass is 9.88. The summed E-state index contributed by atoms with van der Waals surface area (Å²) in [4.78, 5) is 0. The van der Waals surface area contributed by atoms with Crippen LogP contribution in [0.1, 0.15) is 83.1 Å². The second kappa shape index (κ2) is 9.89. The smallest absolute Gasteiger partial charge is 0.115 e. The molecular weight excluding hydrogens is 232 g/mol. The third-order valence-electron chi connectivity index (χ3n) is 3.93. The highest BCUT2D eigenvalue weighted by Gasteiger charge is 2.11. The maximum Gasteiger partial charge on any atom is 0.115 e. The van der Waals surface area contributed by atoms with E-state index in [9.17, 15) is 5.11 Å². The molecule has 1 heteroatoms. The average molecular weight is 262 g/mol. The van der Waals surface area contributed by atoms with E-state index in [-0.39, 0.29) is 0 Å². The van der Waals surface area contributed by atoms with Gasteiger partial charge in [-0.2, -0.15) is 0 Å². The van der Waals surface area contributed by atoms with E-state index in [1.54, 1.807) is 0 Å². The third-order valence-corrected chi connectivity index (χ3v) is 3.93. The first-order chi connectivity index (χ1) is 9.27. The predicted octanol–water partition coefficient (Wildman–Crippen LogP) is 6.03. The Morgan fingerprint density at radius 1 is 0.789 bits per heavy atom. The fourth-order valence-electron chi connectivity index (χ4n) is 2.68. The van der Waals surface area contributed by atoms with Crippen molar-refractivity contribution in [2.24, 2.45) is 0 Å². The van der Waals surface area contributed by atoms with Crippen LogP contribution in [0.5, 0.6) is 5.75 Å². The Kier molecular flexibility index (Phi) is 8.36. The van der Waals surface area contributed by atoms with E-state index in [1.807, 2.05) is 12.1 Å². The van der Waals surface area contributed by atoms with Crippen molar-refractivity contribution in [2.75, 3.05) is 0 Å². The standard InChI is InChI=1S/C18H30O/c1-3-5-7-9-11-16(10-8-6-4-2)17-12-14-18(19)15-13-17/h12-16,19H,3-11H2,1-2H3. The normalized spacial score (nSPS) is 12.5. The number of rotatable bonds is 10. The van der Waals surface area contributed by atoms with Gasteiger partial charge in [0.15, 0.2) is 0 Å². The molecule has 0 radical (unpaired) electrons. The van der Waals surface area contributed by atoms with Crippen molar-refractivity contribution in [2.45, 2.75) is 77.6 Å². The minimum Gasteiger partial charge on any atom is -0.508 e. The molecule has 1 rings (SSSR count). The molecule has 0 aliphatic rings. The Morgan fingerprint density at radius 2 is 1.32 bits per heavy atom. The molecule has 1 unspecified atom stereocenters. The monoisotopic (exact) mass is 262 g/mol. The van der Waals surface area contributed by atoms with Crippen molar-refractivity contribution < 1.29 is 5.11 Å². The molecule has 0 amide bonds. The largest absolute Gasteiger partial charge is 0.508 e. The molecule has 0 fully saturated rings. The average Bonchev–Trinajstić information content (AvgIpc) is 2.43. The molecule has 0 saturated carbocycles. The van der Waals surface area contributed by atoms with Gasteiger partial charge >= 0.3 is 0 Å². The zero-order valence-corrected chi connectivity index (χ0v) is 12.7. The van der Waals surface area contributed by atoms with Crippen LogP contribution >= 0.6 is 0 Å². The van der Waals surface area contributed by atoms with Gasteiger partial charge in [-0.1, -0.05) is 70.9 Å². The molecule has 0 heterocycles. The Hall–Kier alpha value is -0.980. The van der Waals surface area contributed by atoms with Gasteiger partial charge in [0.25, 0.3) is 0 Å². The Bertz CT molecular complexity index is 315. The molecule has 0 aliphatic carbocycles. The first-order valence-electron chi connectivity index (χ1n) is 8.06. The molecule has 1 aromatic rings. The predicted molar refractivity (Wildman–Crippen MR) is 83.7 cm³/mol. The first-order valence-corrected chi connectivity index (χ1v) is 8.06. The van der Waals surface area contributed by atoms with E-state index < -0.39 is 0 Å². The van der Waals surface area contributed by atoms with Gasteiger partial charge in [0.1, 0.15) is 5.75 Å². The number of benzene rings is 1. The van der Waals surface area contributed by atoms with Crippen molar-refractivity contribution in [3.05, 3.63) is 29.8 Å². The first kappa shape index (κ1) is 16.1. The van der Waals surface area contributed by atoms with Crippen molar-refractivity contribution >= 4 is 0 Å². The van der Waals surface area contributed by atoms with E-state index >= 15 is 0 Å². The zero-order chi connectivity index (χ0) is 13.9. The number of hydrogen-bond acceptors (Lipinski definition) is 1. The van der Waals surface area contributed by atoms with Crippen LogP contribution in [0.25, 0.3) is 0 Å². The van der Waals surface area contributed by atoms with Crippen LogP contribution in [0.15, 0.2) is 24.3 Å². The van der Waals surface area contributed by atoms with Gasteiger partial charge in [0, 0.05) is 0 Å². The second-order valence-electron chi connectivity index (χ2n) is 5.63. The number of unbranched alkanes of at least 4 members (excludes halogenated alkanes) is 5. The molecule has 0 bridgehead atoms. The SMILES string of the molecule is CCCCCCC(CCCCC)c1ccc(O)cc1. The number of phenols is 1. The van der Waals surface area contributed by atoms with Crippen LogP contribution < -0.4 is 0 Å². The molecule has 0 saturated heterocycles. The van der Waals surface area contributed by atoms with Gasteiger partial charge < -0.3 is 5.11 Å². The second-order valence-corrected chi connectivity index (χ2v) is 5.63. The molecule has 108 valence electrons. The molecule has 1 nitrogen and oxygen atoms in total. The van der Waals surface area contributed by atoms with Crippen LogP contribution in [-0.2, 0) is 0 Å². The maximum atomic E-state index is 9.40. The Labute approximate surface area is 119 Å². The van der Waals surface area contributed by atoms with Gasteiger partial charge in [-0.25, -0.2) is 0 Å². The summed E-state index contributed by atoms with van der Waals surface area (Å²) in [5.74, 6) is 1.06. The van der Waals surface area contributed by atoms with E-state index in [0.717, 1.165) is 0 Å². The fraction of sp³-hybridized carbons (Fsp3) is 0.667. The molecular formula is C18H30O. The van der Waals surface area contributed by atoms with Gasteiger partial charge in [-0.3, -0.25) is 0 Å².